The fourth-order valence-electron chi connectivity index (χ4n) is 2.19. The number of hydrazine groups is 1. The van der Waals surface area contributed by atoms with E-state index in [1.165, 1.54) is 0 Å². The van der Waals surface area contributed by atoms with Crippen LogP contribution in [0.1, 0.15) is 13.3 Å². The first-order chi connectivity index (χ1) is 8.70. The van der Waals surface area contributed by atoms with Crippen LogP contribution in [0.15, 0.2) is 18.3 Å². The standard InChI is InChI=1S/C12H19N5O/c1-10(18)16-5-2-6-17(8-7-16)11-3-4-14-12(9-11)15-13/h3-4,9H,2,5-8,13H2,1H3,(H,14,15). The molecule has 0 aromatic carbocycles. The Balaban J connectivity index is 2.07. The number of nitrogens with two attached hydrogens (primary N) is 1. The van der Waals surface area contributed by atoms with Crippen LogP contribution in [0.4, 0.5) is 11.5 Å². The van der Waals surface area contributed by atoms with Crippen LogP contribution in [0, 0.1) is 0 Å². The van der Waals surface area contributed by atoms with Crippen molar-refractivity contribution in [1.29, 1.82) is 0 Å². The molecule has 0 spiro atoms. The largest absolute Gasteiger partial charge is 0.370 e. The van der Waals surface area contributed by atoms with Crippen LogP contribution in [-0.2, 0) is 4.79 Å². The summed E-state index contributed by atoms with van der Waals surface area (Å²) in [6.45, 7) is 5.01. The van der Waals surface area contributed by atoms with Crippen molar-refractivity contribution < 1.29 is 4.79 Å². The maximum Gasteiger partial charge on any atom is 0.219 e. The van der Waals surface area contributed by atoms with Crippen molar-refractivity contribution in [2.75, 3.05) is 36.5 Å². The molecule has 6 nitrogen and oxygen atoms in total. The second-order valence-electron chi connectivity index (χ2n) is 4.39. The van der Waals surface area contributed by atoms with E-state index in [-0.39, 0.29) is 5.91 Å². The number of nitrogens with one attached hydrogen (secondary N) is 1. The SMILES string of the molecule is CC(=O)N1CCCN(c2ccnc(NN)c2)CC1. The van der Waals surface area contributed by atoms with Crippen LogP contribution >= 0.6 is 0 Å². The fraction of sp³-hybridized carbons (Fsp3) is 0.500. The molecule has 1 aliphatic heterocycles. The Bertz CT molecular complexity index is 423. The Hall–Kier alpha value is -1.82. The second-order valence-corrected chi connectivity index (χ2v) is 4.39. The van der Waals surface area contributed by atoms with Crippen LogP contribution in [0.5, 0.6) is 0 Å². The number of hydrogen-bond donors (Lipinski definition) is 2. The molecule has 2 heterocycles. The first kappa shape index (κ1) is 12.6. The second kappa shape index (κ2) is 5.68. The Morgan fingerprint density at radius 1 is 1.39 bits per heavy atom. The lowest BCUT2D eigenvalue weighted by Gasteiger charge is -2.23. The van der Waals surface area contributed by atoms with Gasteiger partial charge in [0.15, 0.2) is 0 Å². The number of rotatable bonds is 2. The Labute approximate surface area is 107 Å². The van der Waals surface area contributed by atoms with E-state index in [0.29, 0.717) is 5.82 Å². The first-order valence-corrected chi connectivity index (χ1v) is 6.14. The van der Waals surface area contributed by atoms with Crippen molar-refractivity contribution in [3.05, 3.63) is 18.3 Å². The third-order valence-electron chi connectivity index (χ3n) is 3.20. The summed E-state index contributed by atoms with van der Waals surface area (Å²) in [6, 6.07) is 3.88. The van der Waals surface area contributed by atoms with Gasteiger partial charge in [-0.25, -0.2) is 10.8 Å². The first-order valence-electron chi connectivity index (χ1n) is 6.14. The quantitative estimate of drug-likeness (QED) is 0.587. The number of aromatic nitrogens is 1. The van der Waals surface area contributed by atoms with Gasteiger partial charge in [-0.15, -0.1) is 0 Å². The summed E-state index contributed by atoms with van der Waals surface area (Å²) < 4.78 is 0. The van der Waals surface area contributed by atoms with E-state index in [1.807, 2.05) is 17.0 Å². The third-order valence-corrected chi connectivity index (χ3v) is 3.20. The molecule has 1 aliphatic rings. The van der Waals surface area contributed by atoms with E-state index in [9.17, 15) is 4.79 Å². The van der Waals surface area contributed by atoms with E-state index >= 15 is 0 Å². The maximum atomic E-state index is 11.4. The van der Waals surface area contributed by atoms with Crippen LogP contribution in [0.25, 0.3) is 0 Å². The van der Waals surface area contributed by atoms with Gasteiger partial charge in [0.2, 0.25) is 5.91 Å². The Morgan fingerprint density at radius 2 is 2.22 bits per heavy atom. The van der Waals surface area contributed by atoms with E-state index in [1.54, 1.807) is 13.1 Å². The number of carbonyl (C=O) groups excluding carboxylic acids is 1. The summed E-state index contributed by atoms with van der Waals surface area (Å²) in [5, 5.41) is 0. The monoisotopic (exact) mass is 249 g/mol. The van der Waals surface area contributed by atoms with Gasteiger partial charge in [0.1, 0.15) is 5.82 Å². The summed E-state index contributed by atoms with van der Waals surface area (Å²) in [5.41, 5.74) is 3.63. The van der Waals surface area contributed by atoms with Gasteiger partial charge in [-0.05, 0) is 12.5 Å². The molecule has 18 heavy (non-hydrogen) atoms. The van der Waals surface area contributed by atoms with Gasteiger partial charge in [-0.2, -0.15) is 0 Å². The van der Waals surface area contributed by atoms with E-state index < -0.39 is 0 Å². The highest BCUT2D eigenvalue weighted by atomic mass is 16.2. The zero-order chi connectivity index (χ0) is 13.0. The smallest absolute Gasteiger partial charge is 0.219 e. The fourth-order valence-corrected chi connectivity index (χ4v) is 2.19. The normalized spacial score (nSPS) is 16.3. The minimum Gasteiger partial charge on any atom is -0.370 e. The molecule has 0 saturated carbocycles. The summed E-state index contributed by atoms with van der Waals surface area (Å²) >= 11 is 0. The van der Waals surface area contributed by atoms with Crippen molar-refractivity contribution in [3.63, 3.8) is 0 Å². The number of nitrogen functional groups attached to an aromatic ring is 1. The topological polar surface area (TPSA) is 74.5 Å². The predicted molar refractivity (Wildman–Crippen MR) is 71.1 cm³/mol. The van der Waals surface area contributed by atoms with Gasteiger partial charge in [-0.1, -0.05) is 0 Å². The lowest BCUT2D eigenvalue weighted by molar-refractivity contribution is -0.128. The maximum absolute atomic E-state index is 11.4. The minimum absolute atomic E-state index is 0.149. The summed E-state index contributed by atoms with van der Waals surface area (Å²) in [4.78, 5) is 19.6. The number of anilines is 2. The molecule has 0 atom stereocenters. The van der Waals surface area contributed by atoms with Gasteiger partial charge in [0.05, 0.1) is 0 Å². The highest BCUT2D eigenvalue weighted by molar-refractivity contribution is 5.73. The van der Waals surface area contributed by atoms with E-state index in [0.717, 1.165) is 38.3 Å². The van der Waals surface area contributed by atoms with Crippen LogP contribution in [0.2, 0.25) is 0 Å². The molecule has 98 valence electrons. The van der Waals surface area contributed by atoms with Gasteiger partial charge in [0.25, 0.3) is 0 Å². The van der Waals surface area contributed by atoms with E-state index in [2.05, 4.69) is 15.3 Å². The molecular weight excluding hydrogens is 230 g/mol. The van der Waals surface area contributed by atoms with Gasteiger partial charge in [0, 0.05) is 51.1 Å². The van der Waals surface area contributed by atoms with Gasteiger partial charge in [-0.3, -0.25) is 4.79 Å². The molecule has 1 saturated heterocycles. The van der Waals surface area contributed by atoms with Crippen LogP contribution < -0.4 is 16.2 Å². The predicted octanol–water partition coefficient (Wildman–Crippen LogP) is 0.426. The van der Waals surface area contributed by atoms with Gasteiger partial charge < -0.3 is 15.2 Å². The van der Waals surface area contributed by atoms with Gasteiger partial charge >= 0.3 is 0 Å². The molecule has 6 heteroatoms. The average Bonchev–Trinajstić information content (AvgIpc) is 2.64. The van der Waals surface area contributed by atoms with E-state index in [4.69, 9.17) is 5.84 Å². The molecular formula is C12H19N5O. The Kier molecular flexibility index (Phi) is 3.99. The molecule has 2 rings (SSSR count). The van der Waals surface area contributed by atoms with Crippen LogP contribution in [-0.4, -0.2) is 42.0 Å². The van der Waals surface area contributed by atoms with Crippen molar-refractivity contribution >= 4 is 17.4 Å². The molecule has 0 unspecified atom stereocenters. The molecule has 1 amide bonds. The van der Waals surface area contributed by atoms with Crippen LogP contribution in [0.3, 0.4) is 0 Å². The number of nitrogens with zero attached hydrogens (tertiary/aromatic N) is 3. The molecule has 0 bridgehead atoms. The molecule has 0 radical (unpaired) electrons. The average molecular weight is 249 g/mol. The third kappa shape index (κ3) is 2.89. The number of hydrogen-bond acceptors (Lipinski definition) is 5. The zero-order valence-corrected chi connectivity index (χ0v) is 10.6. The highest BCUT2D eigenvalue weighted by Gasteiger charge is 2.16. The summed E-state index contributed by atoms with van der Waals surface area (Å²) in [5.74, 6) is 6.16. The van der Waals surface area contributed by atoms with Crippen molar-refractivity contribution in [1.82, 2.24) is 9.88 Å². The molecule has 3 N–H and O–H groups in total. The number of pyridine rings is 1. The Morgan fingerprint density at radius 3 is 2.94 bits per heavy atom. The lowest BCUT2D eigenvalue weighted by atomic mass is 10.3. The number of carbonyl (C=O) groups is 1. The van der Waals surface area contributed by atoms with Crippen molar-refractivity contribution in [3.8, 4) is 0 Å². The minimum atomic E-state index is 0.149. The zero-order valence-electron chi connectivity index (χ0n) is 10.6. The number of amides is 1. The molecule has 0 aliphatic carbocycles. The van der Waals surface area contributed by atoms with Crippen molar-refractivity contribution in [2.24, 2.45) is 5.84 Å². The lowest BCUT2D eigenvalue weighted by Crippen LogP contribution is -2.33. The molecule has 1 fully saturated rings. The molecule has 1 aromatic rings. The summed E-state index contributed by atoms with van der Waals surface area (Å²) in [6.07, 6.45) is 2.71. The van der Waals surface area contributed by atoms with Crippen molar-refractivity contribution in [2.45, 2.75) is 13.3 Å². The summed E-state index contributed by atoms with van der Waals surface area (Å²) in [7, 11) is 0. The highest BCUT2D eigenvalue weighted by Crippen LogP contribution is 2.18. The molecule has 1 aromatic heterocycles.